The van der Waals surface area contributed by atoms with Gasteiger partial charge in [-0.15, -0.1) is 0 Å². The molecule has 3 aromatic carbocycles. The highest BCUT2D eigenvalue weighted by Crippen LogP contribution is 2.39. The lowest BCUT2D eigenvalue weighted by Crippen LogP contribution is -2.20. The maximum atomic E-state index is 13.9. The van der Waals surface area contributed by atoms with Gasteiger partial charge in [0.1, 0.15) is 5.75 Å². The lowest BCUT2D eigenvalue weighted by molar-refractivity contribution is -0.118. The Morgan fingerprint density at radius 1 is 0.974 bits per heavy atom. The molecule has 0 fully saturated rings. The zero-order valence-electron chi connectivity index (χ0n) is 20.9. The van der Waals surface area contributed by atoms with E-state index in [-0.39, 0.29) is 24.9 Å². The highest BCUT2D eigenvalue weighted by Gasteiger charge is 2.22. The second-order valence-corrected chi connectivity index (χ2v) is 9.00. The topological polar surface area (TPSA) is 110 Å². The fraction of sp³-hybridized carbons (Fsp3) is 0.138. The lowest BCUT2D eigenvalue weighted by atomic mass is 10.1. The van der Waals surface area contributed by atoms with E-state index in [1.54, 1.807) is 47.0 Å². The van der Waals surface area contributed by atoms with Gasteiger partial charge >= 0.3 is 0 Å². The van der Waals surface area contributed by atoms with Gasteiger partial charge in [0.2, 0.25) is 6.79 Å². The normalized spacial score (nSPS) is 12.5. The first-order chi connectivity index (χ1) is 19.1. The van der Waals surface area contributed by atoms with Gasteiger partial charge in [0.15, 0.2) is 29.6 Å². The molecule has 0 unspecified atom stereocenters. The summed E-state index contributed by atoms with van der Waals surface area (Å²) in [4.78, 5) is 31.0. The summed E-state index contributed by atoms with van der Waals surface area (Å²) in [6.45, 7) is -0.0432. The zero-order chi connectivity index (χ0) is 26.7. The van der Waals surface area contributed by atoms with Crippen molar-refractivity contribution in [3.63, 3.8) is 0 Å². The maximum absolute atomic E-state index is 13.9. The molecule has 0 saturated carbocycles. The van der Waals surface area contributed by atoms with Crippen molar-refractivity contribution in [3.05, 3.63) is 71.1 Å². The minimum Gasteiger partial charge on any atom is -0.493 e. The summed E-state index contributed by atoms with van der Waals surface area (Å²) >= 11 is 0. The number of hydrogen-bond acceptors (Lipinski definition) is 8. The first-order valence-corrected chi connectivity index (χ1v) is 12.1. The third kappa shape index (κ3) is 3.45. The van der Waals surface area contributed by atoms with Crippen molar-refractivity contribution < 1.29 is 28.5 Å². The summed E-state index contributed by atoms with van der Waals surface area (Å²) in [6, 6.07) is 16.0. The Kier molecular flexibility index (Phi) is 5.09. The van der Waals surface area contributed by atoms with Crippen molar-refractivity contribution in [2.45, 2.75) is 0 Å². The van der Waals surface area contributed by atoms with Crippen molar-refractivity contribution in [1.29, 1.82) is 0 Å². The Bertz CT molecular complexity index is 2000. The fourth-order valence-corrected chi connectivity index (χ4v) is 5.21. The number of pyridine rings is 2. The number of nitrogens with one attached hydrogen (secondary N) is 1. The highest BCUT2D eigenvalue weighted by atomic mass is 16.7. The van der Waals surface area contributed by atoms with Gasteiger partial charge in [-0.3, -0.25) is 19.0 Å². The minimum absolute atomic E-state index is 0.158. The summed E-state index contributed by atoms with van der Waals surface area (Å²) < 4.78 is 29.1. The van der Waals surface area contributed by atoms with E-state index in [1.807, 2.05) is 18.2 Å². The number of fused-ring (bicyclic) bond motifs is 6. The quantitative estimate of drug-likeness (QED) is 0.321. The number of rotatable bonds is 6. The molecule has 0 radical (unpaired) electrons. The molecule has 4 heterocycles. The molecule has 1 aliphatic rings. The number of carbonyl (C=O) groups is 1. The van der Waals surface area contributed by atoms with Gasteiger partial charge in [0, 0.05) is 34.1 Å². The zero-order valence-corrected chi connectivity index (χ0v) is 20.9. The van der Waals surface area contributed by atoms with Crippen LogP contribution in [-0.4, -0.2) is 42.9 Å². The van der Waals surface area contributed by atoms with Gasteiger partial charge in [-0.2, -0.15) is 0 Å². The summed E-state index contributed by atoms with van der Waals surface area (Å²) in [7, 11) is 3.04. The molecule has 10 heteroatoms. The smallest absolute Gasteiger partial charge is 0.267 e. The number of hydrogen-bond donors (Lipinski definition) is 1. The standard InChI is InChI=1S/C29H21N3O7/c1-35-22-8-5-18-25(28(22)36-2)29(34)32-20-6-4-16(12-19(20)17-9-10-30-26(18)27(17)32)37-13-24(33)31-15-3-7-21-23(11-15)39-14-38-21/h3-12H,13-14H2,1-2H3,(H,31,33). The third-order valence-corrected chi connectivity index (χ3v) is 6.89. The molecular weight excluding hydrogens is 502 g/mol. The van der Waals surface area contributed by atoms with E-state index in [4.69, 9.17) is 23.7 Å². The van der Waals surface area contributed by atoms with Crippen molar-refractivity contribution in [2.24, 2.45) is 0 Å². The Labute approximate surface area is 220 Å². The lowest BCUT2D eigenvalue weighted by Gasteiger charge is -2.12. The van der Waals surface area contributed by atoms with Crippen LogP contribution in [0.3, 0.4) is 0 Å². The number of methoxy groups -OCH3 is 2. The minimum atomic E-state index is -0.326. The molecule has 6 aromatic rings. The highest BCUT2D eigenvalue weighted by molar-refractivity contribution is 6.19. The number of nitrogens with zero attached hydrogens (tertiary/aromatic N) is 2. The molecule has 0 aliphatic carbocycles. The Balaban J connectivity index is 1.27. The van der Waals surface area contributed by atoms with Crippen LogP contribution in [-0.2, 0) is 4.79 Å². The van der Waals surface area contributed by atoms with Gasteiger partial charge in [-0.05, 0) is 48.5 Å². The Morgan fingerprint density at radius 3 is 2.69 bits per heavy atom. The molecule has 39 heavy (non-hydrogen) atoms. The average Bonchev–Trinajstić information content (AvgIpc) is 3.56. The number of carbonyl (C=O) groups excluding carboxylic acids is 1. The van der Waals surface area contributed by atoms with Crippen molar-refractivity contribution >= 4 is 49.7 Å². The van der Waals surface area contributed by atoms with Crippen LogP contribution in [0.1, 0.15) is 0 Å². The monoisotopic (exact) mass is 523 g/mol. The first-order valence-electron chi connectivity index (χ1n) is 12.1. The summed E-state index contributed by atoms with van der Waals surface area (Å²) in [5, 5.41) is 5.51. The van der Waals surface area contributed by atoms with Crippen LogP contribution in [0.25, 0.3) is 38.1 Å². The summed E-state index contributed by atoms with van der Waals surface area (Å²) in [5.74, 6) is 2.20. The van der Waals surface area contributed by atoms with Crippen LogP contribution in [0.4, 0.5) is 5.69 Å². The van der Waals surface area contributed by atoms with E-state index in [0.717, 1.165) is 10.8 Å². The molecule has 1 N–H and O–H groups in total. The number of anilines is 1. The molecule has 194 valence electrons. The van der Waals surface area contributed by atoms with Crippen molar-refractivity contribution in [3.8, 4) is 28.7 Å². The number of aromatic nitrogens is 2. The van der Waals surface area contributed by atoms with Crippen LogP contribution >= 0.6 is 0 Å². The van der Waals surface area contributed by atoms with Crippen LogP contribution < -0.4 is 34.6 Å². The van der Waals surface area contributed by atoms with E-state index < -0.39 is 0 Å². The van der Waals surface area contributed by atoms with E-state index >= 15 is 0 Å². The van der Waals surface area contributed by atoms with Gasteiger partial charge in [-0.1, -0.05) is 0 Å². The SMILES string of the molecule is COc1ccc2c(c1OC)c(=O)n1c3ccc(OCC(=O)Nc4ccc5c(c4)OCO5)cc3c3ccnc2c31. The molecule has 7 rings (SSSR count). The molecule has 0 atom stereocenters. The largest absolute Gasteiger partial charge is 0.493 e. The second-order valence-electron chi connectivity index (χ2n) is 9.00. The number of ether oxygens (including phenoxy) is 5. The Morgan fingerprint density at radius 2 is 1.85 bits per heavy atom. The third-order valence-electron chi connectivity index (χ3n) is 6.89. The predicted molar refractivity (Wildman–Crippen MR) is 145 cm³/mol. The summed E-state index contributed by atoms with van der Waals surface area (Å²) in [6.07, 6.45) is 1.71. The number of benzene rings is 3. The molecule has 0 spiro atoms. The van der Waals surface area contributed by atoms with Gasteiger partial charge in [0.05, 0.1) is 36.2 Å². The van der Waals surface area contributed by atoms with Crippen molar-refractivity contribution in [1.82, 2.24) is 9.38 Å². The first kappa shape index (κ1) is 22.9. The molecule has 1 aliphatic heterocycles. The van der Waals surface area contributed by atoms with E-state index in [0.29, 0.717) is 61.8 Å². The molecule has 0 bridgehead atoms. The summed E-state index contributed by atoms with van der Waals surface area (Å²) in [5.41, 5.74) is 2.41. The van der Waals surface area contributed by atoms with E-state index in [2.05, 4.69) is 10.3 Å². The fourth-order valence-electron chi connectivity index (χ4n) is 5.21. The molecule has 1 amide bonds. The van der Waals surface area contributed by atoms with Crippen LogP contribution in [0, 0.1) is 0 Å². The number of amides is 1. The molecule has 10 nitrogen and oxygen atoms in total. The van der Waals surface area contributed by atoms with Gasteiger partial charge in [-0.25, -0.2) is 0 Å². The second kappa shape index (κ2) is 8.66. The van der Waals surface area contributed by atoms with Crippen LogP contribution in [0.2, 0.25) is 0 Å². The Hall–Kier alpha value is -5.25. The molecule has 3 aromatic heterocycles. The predicted octanol–water partition coefficient (Wildman–Crippen LogP) is 4.36. The molecule has 0 saturated heterocycles. The average molecular weight is 524 g/mol. The maximum Gasteiger partial charge on any atom is 0.267 e. The van der Waals surface area contributed by atoms with Crippen LogP contribution in [0.15, 0.2) is 65.6 Å². The van der Waals surface area contributed by atoms with Gasteiger partial charge in [0.25, 0.3) is 11.5 Å². The van der Waals surface area contributed by atoms with E-state index in [1.165, 1.54) is 14.2 Å². The van der Waals surface area contributed by atoms with E-state index in [9.17, 15) is 9.59 Å². The van der Waals surface area contributed by atoms with Gasteiger partial charge < -0.3 is 29.0 Å². The van der Waals surface area contributed by atoms with Crippen LogP contribution in [0.5, 0.6) is 28.7 Å². The van der Waals surface area contributed by atoms with Crippen molar-refractivity contribution in [2.75, 3.05) is 32.9 Å². The molecular formula is C29H21N3O7.